The standard InChI is InChI=1S/C34H66N2O8/c1-13-18-33(11,23-20(6)41-30(43-31(8,9)14-2)26(28(23)40)36-21(7)38)34(12,17-5)44-29-25(35)27(39)24(22(19-37)42-29)32(10,15-3)16-4/h20,22-30,37,39-40H,13-19,35H2,1-12H3,(H,36,38). The van der Waals surface area contributed by atoms with Crippen molar-refractivity contribution in [3.8, 4) is 0 Å². The highest BCUT2D eigenvalue weighted by atomic mass is 16.7. The van der Waals surface area contributed by atoms with Gasteiger partial charge in [0.05, 0.1) is 48.3 Å². The Morgan fingerprint density at radius 1 is 0.864 bits per heavy atom. The molecule has 2 saturated heterocycles. The van der Waals surface area contributed by atoms with Gasteiger partial charge in [-0.05, 0) is 52.4 Å². The lowest BCUT2D eigenvalue weighted by atomic mass is 9.57. The van der Waals surface area contributed by atoms with E-state index in [1.165, 1.54) is 6.92 Å². The topological polar surface area (TPSA) is 153 Å². The van der Waals surface area contributed by atoms with Gasteiger partial charge in [0.15, 0.2) is 12.6 Å². The molecule has 0 aromatic rings. The van der Waals surface area contributed by atoms with E-state index in [1.54, 1.807) is 0 Å². The van der Waals surface area contributed by atoms with E-state index in [2.05, 4.69) is 39.9 Å². The first-order valence-corrected chi connectivity index (χ1v) is 17.0. The zero-order valence-electron chi connectivity index (χ0n) is 29.7. The first-order chi connectivity index (χ1) is 20.3. The second kappa shape index (κ2) is 15.4. The van der Waals surface area contributed by atoms with Crippen molar-refractivity contribution < 1.29 is 39.1 Å². The fourth-order valence-corrected chi connectivity index (χ4v) is 7.82. The summed E-state index contributed by atoms with van der Waals surface area (Å²) >= 11 is 0. The van der Waals surface area contributed by atoms with Crippen molar-refractivity contribution in [2.45, 2.75) is 182 Å². The predicted molar refractivity (Wildman–Crippen MR) is 172 cm³/mol. The second-order valence-corrected chi connectivity index (χ2v) is 14.7. The molecule has 12 atom stereocenters. The van der Waals surface area contributed by atoms with Crippen LogP contribution in [0.3, 0.4) is 0 Å². The minimum Gasteiger partial charge on any atom is -0.394 e. The maximum Gasteiger partial charge on any atom is 0.217 e. The largest absolute Gasteiger partial charge is 0.394 e. The third-order valence-electron chi connectivity index (χ3n) is 11.7. The Kier molecular flexibility index (Phi) is 13.7. The van der Waals surface area contributed by atoms with Gasteiger partial charge in [-0.1, -0.05) is 67.7 Å². The van der Waals surface area contributed by atoms with Gasteiger partial charge in [-0.3, -0.25) is 4.79 Å². The van der Waals surface area contributed by atoms with E-state index in [4.69, 9.17) is 24.7 Å². The molecule has 0 aliphatic carbocycles. The van der Waals surface area contributed by atoms with Crippen LogP contribution in [0.15, 0.2) is 0 Å². The van der Waals surface area contributed by atoms with Gasteiger partial charge in [-0.25, -0.2) is 0 Å². The summed E-state index contributed by atoms with van der Waals surface area (Å²) in [6.45, 7) is 23.5. The molecule has 44 heavy (non-hydrogen) atoms. The first-order valence-electron chi connectivity index (χ1n) is 17.0. The van der Waals surface area contributed by atoms with Gasteiger partial charge < -0.3 is 45.3 Å². The quantitative estimate of drug-likeness (QED) is 0.179. The predicted octanol–water partition coefficient (Wildman–Crippen LogP) is 4.26. The molecule has 2 fully saturated rings. The van der Waals surface area contributed by atoms with Crippen LogP contribution in [0.5, 0.6) is 0 Å². The molecule has 1 amide bonds. The fourth-order valence-electron chi connectivity index (χ4n) is 7.82. The normalized spacial score (nSPS) is 36.4. The number of ether oxygens (including phenoxy) is 4. The van der Waals surface area contributed by atoms with Crippen molar-refractivity contribution in [3.05, 3.63) is 0 Å². The molecular formula is C34H66N2O8. The smallest absolute Gasteiger partial charge is 0.217 e. The van der Waals surface area contributed by atoms with Crippen molar-refractivity contribution in [3.63, 3.8) is 0 Å². The van der Waals surface area contributed by atoms with Crippen LogP contribution in [0.1, 0.15) is 122 Å². The fraction of sp³-hybridized carbons (Fsp3) is 0.971. The highest BCUT2D eigenvalue weighted by molar-refractivity contribution is 5.73. The van der Waals surface area contributed by atoms with Crippen LogP contribution in [0, 0.1) is 22.7 Å². The van der Waals surface area contributed by atoms with Crippen LogP contribution < -0.4 is 11.1 Å². The molecule has 2 aliphatic heterocycles. The number of hydrogen-bond acceptors (Lipinski definition) is 9. The second-order valence-electron chi connectivity index (χ2n) is 14.7. The highest BCUT2D eigenvalue weighted by Gasteiger charge is 2.60. The van der Waals surface area contributed by atoms with Crippen molar-refractivity contribution >= 4 is 5.91 Å². The molecular weight excluding hydrogens is 564 g/mol. The molecule has 6 N–H and O–H groups in total. The van der Waals surface area contributed by atoms with E-state index >= 15 is 0 Å². The van der Waals surface area contributed by atoms with Crippen LogP contribution in [0.4, 0.5) is 0 Å². The summed E-state index contributed by atoms with van der Waals surface area (Å²) in [4.78, 5) is 12.4. The number of rotatable bonds is 15. The van der Waals surface area contributed by atoms with Gasteiger partial charge in [-0.15, -0.1) is 0 Å². The maximum absolute atomic E-state index is 12.4. The SMILES string of the molecule is CCCC(C)(C1C(C)OC(OC(C)(C)CC)C(NC(C)=O)C1O)C(C)(CC)OC1OC(CO)C(C(C)(CC)CC)C(O)C1N. The molecule has 0 spiro atoms. The molecule has 2 heterocycles. The van der Waals surface area contributed by atoms with Crippen molar-refractivity contribution in [2.75, 3.05) is 6.61 Å². The molecule has 12 unspecified atom stereocenters. The maximum atomic E-state index is 12.4. The number of hydrogen-bond donors (Lipinski definition) is 5. The highest BCUT2D eigenvalue weighted by Crippen LogP contribution is 2.53. The number of aliphatic hydroxyl groups is 3. The van der Waals surface area contributed by atoms with Crippen LogP contribution in [0.2, 0.25) is 0 Å². The van der Waals surface area contributed by atoms with Gasteiger partial charge in [0.25, 0.3) is 0 Å². The molecule has 260 valence electrons. The Morgan fingerprint density at radius 2 is 1.45 bits per heavy atom. The van der Waals surface area contributed by atoms with Crippen LogP contribution in [0.25, 0.3) is 0 Å². The number of carbonyl (C=O) groups is 1. The van der Waals surface area contributed by atoms with E-state index in [0.717, 1.165) is 25.7 Å². The van der Waals surface area contributed by atoms with E-state index in [1.807, 2.05) is 41.5 Å². The molecule has 0 radical (unpaired) electrons. The summed E-state index contributed by atoms with van der Waals surface area (Å²) in [6.07, 6.45) is -0.530. The summed E-state index contributed by atoms with van der Waals surface area (Å²) in [5.74, 6) is -1.11. The monoisotopic (exact) mass is 630 g/mol. The lowest BCUT2D eigenvalue weighted by Crippen LogP contribution is -2.69. The summed E-state index contributed by atoms with van der Waals surface area (Å²) in [5.41, 5.74) is 4.29. The van der Waals surface area contributed by atoms with Crippen LogP contribution in [-0.2, 0) is 23.7 Å². The lowest BCUT2D eigenvalue weighted by molar-refractivity contribution is -0.337. The van der Waals surface area contributed by atoms with E-state index < -0.39 is 71.6 Å². The van der Waals surface area contributed by atoms with Crippen molar-refractivity contribution in [1.82, 2.24) is 5.32 Å². The Balaban J connectivity index is 2.53. The number of nitrogens with one attached hydrogen (secondary N) is 1. The summed E-state index contributed by atoms with van der Waals surface area (Å²) in [5, 5.41) is 37.0. The Labute approximate surface area is 267 Å². The molecule has 0 saturated carbocycles. The van der Waals surface area contributed by atoms with Crippen LogP contribution >= 0.6 is 0 Å². The van der Waals surface area contributed by atoms with E-state index in [-0.39, 0.29) is 23.8 Å². The number of carbonyl (C=O) groups excluding carboxylic acids is 1. The molecule has 0 aromatic heterocycles. The molecule has 2 aliphatic rings. The minimum absolute atomic E-state index is 0.265. The Morgan fingerprint density at radius 3 is 1.91 bits per heavy atom. The van der Waals surface area contributed by atoms with Crippen LogP contribution in [-0.4, -0.2) is 88.1 Å². The molecule has 2 rings (SSSR count). The first kappa shape index (κ1) is 39.3. The number of nitrogens with two attached hydrogens (primary N) is 1. The molecule has 10 heteroatoms. The summed E-state index contributed by atoms with van der Waals surface area (Å²) in [7, 11) is 0. The molecule has 0 bridgehead atoms. The third-order valence-corrected chi connectivity index (χ3v) is 11.7. The average molecular weight is 631 g/mol. The third kappa shape index (κ3) is 7.81. The average Bonchev–Trinajstić information content (AvgIpc) is 2.96. The van der Waals surface area contributed by atoms with Crippen molar-refractivity contribution in [1.29, 1.82) is 0 Å². The number of aliphatic hydroxyl groups excluding tert-OH is 3. The molecule has 0 aromatic carbocycles. The zero-order valence-corrected chi connectivity index (χ0v) is 29.7. The van der Waals surface area contributed by atoms with E-state index in [9.17, 15) is 20.1 Å². The van der Waals surface area contributed by atoms with Gasteiger partial charge in [0.2, 0.25) is 5.91 Å². The summed E-state index contributed by atoms with van der Waals surface area (Å²) in [6, 6.07) is -1.64. The van der Waals surface area contributed by atoms with Gasteiger partial charge in [-0.2, -0.15) is 0 Å². The van der Waals surface area contributed by atoms with Gasteiger partial charge >= 0.3 is 0 Å². The van der Waals surface area contributed by atoms with Crippen molar-refractivity contribution in [2.24, 2.45) is 28.4 Å². The summed E-state index contributed by atoms with van der Waals surface area (Å²) < 4.78 is 26.1. The Bertz CT molecular complexity index is 914. The van der Waals surface area contributed by atoms with E-state index in [0.29, 0.717) is 12.8 Å². The minimum atomic E-state index is -1.01. The number of amides is 1. The molecule has 10 nitrogen and oxygen atoms in total. The lowest BCUT2D eigenvalue weighted by Gasteiger charge is -2.59. The van der Waals surface area contributed by atoms with Gasteiger partial charge in [0.1, 0.15) is 6.04 Å². The zero-order chi connectivity index (χ0) is 33.8. The Hall–Kier alpha value is -0.850. The van der Waals surface area contributed by atoms with Gasteiger partial charge in [0, 0.05) is 24.2 Å².